The molecule has 116 valence electrons. The first kappa shape index (κ1) is 15.6. The van der Waals surface area contributed by atoms with Crippen molar-refractivity contribution in [1.82, 2.24) is 15.1 Å². The van der Waals surface area contributed by atoms with Crippen LogP contribution in [-0.2, 0) is 0 Å². The minimum absolute atomic E-state index is 0.0970. The van der Waals surface area contributed by atoms with Gasteiger partial charge in [0.1, 0.15) is 0 Å². The molecule has 2 aliphatic rings. The van der Waals surface area contributed by atoms with Gasteiger partial charge < -0.3 is 15.3 Å². The minimum Gasteiger partial charge on any atom is -0.389 e. The molecule has 1 aliphatic carbocycles. The molecule has 0 spiro atoms. The van der Waals surface area contributed by atoms with Crippen molar-refractivity contribution < 1.29 is 9.90 Å². The molecule has 0 unspecified atom stereocenters. The van der Waals surface area contributed by atoms with Crippen LogP contribution in [0.5, 0.6) is 0 Å². The van der Waals surface area contributed by atoms with Gasteiger partial charge in [-0.05, 0) is 26.7 Å². The van der Waals surface area contributed by atoms with Crippen molar-refractivity contribution in [3.63, 3.8) is 0 Å². The molecule has 2 N–H and O–H groups in total. The Morgan fingerprint density at radius 2 is 1.75 bits per heavy atom. The van der Waals surface area contributed by atoms with Gasteiger partial charge in [-0.15, -0.1) is 0 Å². The standard InChI is InChI=1S/C15H29N3O2/c1-15(2,20)12-17-8-10-18(11-9-17)14(19)16-13-6-4-3-5-7-13/h13,20H,3-12H2,1-2H3,(H,16,19). The molecule has 5 heteroatoms. The summed E-state index contributed by atoms with van der Waals surface area (Å²) in [6.07, 6.45) is 6.05. The molecule has 1 saturated carbocycles. The number of nitrogens with zero attached hydrogens (tertiary/aromatic N) is 2. The van der Waals surface area contributed by atoms with E-state index in [2.05, 4.69) is 10.2 Å². The average Bonchev–Trinajstić information content (AvgIpc) is 2.39. The van der Waals surface area contributed by atoms with Crippen LogP contribution >= 0.6 is 0 Å². The molecule has 1 saturated heterocycles. The van der Waals surface area contributed by atoms with E-state index in [1.807, 2.05) is 18.7 Å². The molecule has 0 radical (unpaired) electrons. The monoisotopic (exact) mass is 283 g/mol. The maximum atomic E-state index is 12.2. The number of piperazine rings is 1. The number of aliphatic hydroxyl groups is 1. The second-order valence-corrected chi connectivity index (χ2v) is 6.86. The number of hydrogen-bond acceptors (Lipinski definition) is 3. The molecule has 2 fully saturated rings. The Hall–Kier alpha value is -0.810. The SMILES string of the molecule is CC(C)(O)CN1CCN(C(=O)NC2CCCCC2)CC1. The quantitative estimate of drug-likeness (QED) is 0.823. The van der Waals surface area contributed by atoms with Crippen LogP contribution in [0.15, 0.2) is 0 Å². The van der Waals surface area contributed by atoms with Gasteiger partial charge >= 0.3 is 6.03 Å². The Kier molecular flexibility index (Phi) is 5.27. The smallest absolute Gasteiger partial charge is 0.317 e. The molecule has 2 amide bonds. The Bertz CT molecular complexity index is 314. The van der Waals surface area contributed by atoms with Gasteiger partial charge in [-0.1, -0.05) is 19.3 Å². The Labute approximate surface area is 122 Å². The van der Waals surface area contributed by atoms with E-state index in [0.29, 0.717) is 12.6 Å². The van der Waals surface area contributed by atoms with Crippen LogP contribution in [0.25, 0.3) is 0 Å². The summed E-state index contributed by atoms with van der Waals surface area (Å²) < 4.78 is 0. The zero-order chi connectivity index (χ0) is 14.6. The first-order chi connectivity index (χ1) is 9.44. The molecule has 0 aromatic carbocycles. The summed E-state index contributed by atoms with van der Waals surface area (Å²) in [6, 6.07) is 0.477. The van der Waals surface area contributed by atoms with E-state index >= 15 is 0 Å². The summed E-state index contributed by atoms with van der Waals surface area (Å²) in [5, 5.41) is 13.0. The summed E-state index contributed by atoms with van der Waals surface area (Å²) >= 11 is 0. The Morgan fingerprint density at radius 1 is 1.15 bits per heavy atom. The normalized spacial score (nSPS) is 22.9. The summed E-state index contributed by atoms with van der Waals surface area (Å²) in [7, 11) is 0. The van der Waals surface area contributed by atoms with E-state index in [1.165, 1.54) is 19.3 Å². The van der Waals surface area contributed by atoms with Gasteiger partial charge in [0.2, 0.25) is 0 Å². The number of rotatable bonds is 3. The van der Waals surface area contributed by atoms with E-state index in [9.17, 15) is 9.90 Å². The molecule has 1 heterocycles. The Morgan fingerprint density at radius 3 is 2.30 bits per heavy atom. The van der Waals surface area contributed by atoms with Crippen molar-refractivity contribution in [2.24, 2.45) is 0 Å². The highest BCUT2D eigenvalue weighted by molar-refractivity contribution is 5.74. The summed E-state index contributed by atoms with van der Waals surface area (Å²) in [5.74, 6) is 0. The molecule has 0 atom stereocenters. The molecule has 20 heavy (non-hydrogen) atoms. The van der Waals surface area contributed by atoms with Crippen LogP contribution in [0.3, 0.4) is 0 Å². The van der Waals surface area contributed by atoms with Gasteiger partial charge in [0.15, 0.2) is 0 Å². The van der Waals surface area contributed by atoms with Gasteiger partial charge in [-0.3, -0.25) is 4.90 Å². The van der Waals surface area contributed by atoms with E-state index < -0.39 is 5.60 Å². The van der Waals surface area contributed by atoms with Gasteiger partial charge in [0.25, 0.3) is 0 Å². The lowest BCUT2D eigenvalue weighted by Crippen LogP contribution is -2.55. The lowest BCUT2D eigenvalue weighted by molar-refractivity contribution is 0.0223. The van der Waals surface area contributed by atoms with E-state index in [1.54, 1.807) is 0 Å². The molecule has 0 aromatic rings. The first-order valence-electron chi connectivity index (χ1n) is 7.94. The van der Waals surface area contributed by atoms with Gasteiger partial charge in [-0.25, -0.2) is 4.79 Å². The van der Waals surface area contributed by atoms with E-state index in [4.69, 9.17) is 0 Å². The van der Waals surface area contributed by atoms with Crippen molar-refractivity contribution in [3.05, 3.63) is 0 Å². The highest BCUT2D eigenvalue weighted by Gasteiger charge is 2.26. The lowest BCUT2D eigenvalue weighted by Gasteiger charge is -2.38. The van der Waals surface area contributed by atoms with Crippen molar-refractivity contribution >= 4 is 6.03 Å². The maximum absolute atomic E-state index is 12.2. The van der Waals surface area contributed by atoms with Crippen LogP contribution in [-0.4, -0.2) is 65.3 Å². The third-order valence-electron chi connectivity index (χ3n) is 4.20. The molecule has 5 nitrogen and oxygen atoms in total. The topological polar surface area (TPSA) is 55.8 Å². The van der Waals surface area contributed by atoms with Crippen molar-refractivity contribution in [1.29, 1.82) is 0 Å². The van der Waals surface area contributed by atoms with Gasteiger partial charge in [0.05, 0.1) is 5.60 Å². The number of nitrogens with one attached hydrogen (secondary N) is 1. The summed E-state index contributed by atoms with van der Waals surface area (Å²) in [4.78, 5) is 16.3. The fourth-order valence-electron chi connectivity index (χ4n) is 3.17. The number of carbonyl (C=O) groups is 1. The molecular formula is C15H29N3O2. The second-order valence-electron chi connectivity index (χ2n) is 6.86. The highest BCUT2D eigenvalue weighted by Crippen LogP contribution is 2.18. The highest BCUT2D eigenvalue weighted by atomic mass is 16.3. The predicted octanol–water partition coefficient (Wildman–Crippen LogP) is 1.42. The van der Waals surface area contributed by atoms with Gasteiger partial charge in [-0.2, -0.15) is 0 Å². The predicted molar refractivity (Wildman–Crippen MR) is 79.7 cm³/mol. The number of amides is 2. The fourth-order valence-corrected chi connectivity index (χ4v) is 3.17. The third-order valence-corrected chi connectivity index (χ3v) is 4.20. The van der Waals surface area contributed by atoms with E-state index in [0.717, 1.165) is 39.0 Å². The maximum Gasteiger partial charge on any atom is 0.317 e. The van der Waals surface area contributed by atoms with E-state index in [-0.39, 0.29) is 6.03 Å². The van der Waals surface area contributed by atoms with Crippen LogP contribution in [0.4, 0.5) is 4.79 Å². The summed E-state index contributed by atoms with van der Waals surface area (Å²) in [5.41, 5.74) is -0.660. The van der Waals surface area contributed by atoms with Crippen molar-refractivity contribution in [2.75, 3.05) is 32.7 Å². The molecule has 0 aromatic heterocycles. The largest absolute Gasteiger partial charge is 0.389 e. The van der Waals surface area contributed by atoms with Crippen LogP contribution in [0, 0.1) is 0 Å². The van der Waals surface area contributed by atoms with Crippen molar-refractivity contribution in [2.45, 2.75) is 57.6 Å². The molecule has 0 bridgehead atoms. The minimum atomic E-state index is -0.660. The van der Waals surface area contributed by atoms with Crippen LogP contribution < -0.4 is 5.32 Å². The second kappa shape index (κ2) is 6.76. The molecule has 2 rings (SSSR count). The average molecular weight is 283 g/mol. The number of β-amino-alcohol motifs (C(OH)–C–C–N with tert-alkyl or cyclic N) is 1. The molecular weight excluding hydrogens is 254 g/mol. The zero-order valence-corrected chi connectivity index (χ0v) is 12.9. The third kappa shape index (κ3) is 4.94. The van der Waals surface area contributed by atoms with Crippen LogP contribution in [0.2, 0.25) is 0 Å². The number of urea groups is 1. The van der Waals surface area contributed by atoms with Gasteiger partial charge in [0, 0.05) is 38.8 Å². The molecule has 1 aliphatic heterocycles. The number of carbonyl (C=O) groups excluding carboxylic acids is 1. The number of hydrogen-bond donors (Lipinski definition) is 2. The Balaban J connectivity index is 1.71. The summed E-state index contributed by atoms with van der Waals surface area (Å²) in [6.45, 7) is 7.54. The van der Waals surface area contributed by atoms with Crippen molar-refractivity contribution in [3.8, 4) is 0 Å². The lowest BCUT2D eigenvalue weighted by atomic mass is 9.96. The zero-order valence-electron chi connectivity index (χ0n) is 12.9. The fraction of sp³-hybridized carbons (Fsp3) is 0.933. The first-order valence-corrected chi connectivity index (χ1v) is 7.94. The van der Waals surface area contributed by atoms with Crippen LogP contribution in [0.1, 0.15) is 46.0 Å².